The second-order valence-electron chi connectivity index (χ2n) is 32.8. The van der Waals surface area contributed by atoms with Crippen molar-refractivity contribution in [3.05, 3.63) is 342 Å². The Morgan fingerprint density at radius 1 is 0.400 bits per heavy atom. The van der Waals surface area contributed by atoms with Gasteiger partial charge in [-0.05, 0) is 214 Å². The Kier molecular flexibility index (Phi) is 32.4. The Labute approximate surface area is 733 Å². The number of hydrogen-bond acceptors (Lipinski definition) is 21. The van der Waals surface area contributed by atoms with Gasteiger partial charge in [0.2, 0.25) is 17.8 Å². The minimum absolute atomic E-state index is 0. The molecule has 0 atom stereocenters. The van der Waals surface area contributed by atoms with Crippen LogP contribution in [0.15, 0.2) is 207 Å². The molecule has 1 aliphatic carbocycles. The summed E-state index contributed by atoms with van der Waals surface area (Å²) in [5.74, 6) is 4.20. The van der Waals surface area contributed by atoms with Gasteiger partial charge in [0, 0.05) is 103 Å². The van der Waals surface area contributed by atoms with Crippen molar-refractivity contribution >= 4 is 52.1 Å². The van der Waals surface area contributed by atoms with Crippen LogP contribution in [0.1, 0.15) is 197 Å². The zero-order valence-corrected chi connectivity index (χ0v) is 72.3. The number of ketones is 4. The third kappa shape index (κ3) is 26.7. The van der Waals surface area contributed by atoms with Crippen LogP contribution in [-0.2, 0) is 90.1 Å². The number of carbonyl (C=O) groups excluding carboxylic acids is 4. The predicted octanol–water partition coefficient (Wildman–Crippen LogP) is 17.5. The highest BCUT2D eigenvalue weighted by molar-refractivity contribution is 5.80. The van der Waals surface area contributed by atoms with Gasteiger partial charge < -0.3 is 24.8 Å². The fourth-order valence-electron chi connectivity index (χ4n) is 15.9. The molecular weight excluding hydrogens is 1570 g/mol. The Morgan fingerprint density at radius 3 is 1.31 bits per heavy atom. The van der Waals surface area contributed by atoms with Crippen LogP contribution in [0.3, 0.4) is 0 Å². The summed E-state index contributed by atoms with van der Waals surface area (Å²) >= 11 is 0. The molecular formula is C102H112F2N16O5. The first kappa shape index (κ1) is 91.2. The number of rotatable bonds is 26. The van der Waals surface area contributed by atoms with E-state index in [-0.39, 0.29) is 61.1 Å². The molecule has 4 aliphatic rings. The van der Waals surface area contributed by atoms with Crippen LogP contribution in [0.5, 0.6) is 6.01 Å². The van der Waals surface area contributed by atoms with Crippen molar-refractivity contribution in [2.45, 2.75) is 191 Å². The number of Topliss-reactive ketones (excluding diaryl/α,β-unsaturated/α-hetero) is 4. The number of halogens is 2. The third-order valence-electron chi connectivity index (χ3n) is 22.8. The van der Waals surface area contributed by atoms with Crippen molar-refractivity contribution in [2.75, 3.05) is 47.4 Å². The van der Waals surface area contributed by atoms with Gasteiger partial charge in [-0.25, -0.2) is 43.7 Å². The van der Waals surface area contributed by atoms with Crippen molar-refractivity contribution in [3.63, 3.8) is 0 Å². The average molecular weight is 1680 g/mol. The van der Waals surface area contributed by atoms with E-state index in [4.69, 9.17) is 9.72 Å². The van der Waals surface area contributed by atoms with E-state index in [1.807, 2.05) is 30.3 Å². The Hall–Kier alpha value is -13.0. The molecule has 3 aliphatic heterocycles. The van der Waals surface area contributed by atoms with Crippen molar-refractivity contribution in [1.29, 1.82) is 0 Å². The van der Waals surface area contributed by atoms with Crippen LogP contribution in [0.4, 0.5) is 26.6 Å². The van der Waals surface area contributed by atoms with Gasteiger partial charge in [-0.3, -0.25) is 19.2 Å². The lowest BCUT2D eigenvalue weighted by molar-refractivity contribution is -0.117. The molecule has 7 heterocycles. The number of nitrogens with one attached hydrogen (secondary N) is 1. The van der Waals surface area contributed by atoms with E-state index >= 15 is 0 Å². The zero-order valence-electron chi connectivity index (χ0n) is 72.3. The molecule has 0 bridgehead atoms. The molecule has 0 spiro atoms. The highest BCUT2D eigenvalue weighted by Crippen LogP contribution is 2.31. The molecule has 0 amide bonds. The number of fused-ring (bicyclic) bond motifs is 1. The summed E-state index contributed by atoms with van der Waals surface area (Å²) in [4.78, 5) is 106. The molecule has 0 saturated heterocycles. The maximum atomic E-state index is 13.9. The molecule has 8 aromatic carbocycles. The lowest BCUT2D eigenvalue weighted by Crippen LogP contribution is -2.36. The fourth-order valence-corrected chi connectivity index (χ4v) is 15.9. The molecule has 21 nitrogen and oxygen atoms in total. The summed E-state index contributed by atoms with van der Waals surface area (Å²) in [6.45, 7) is 22.4. The number of ether oxygens (including phenoxy) is 1. The summed E-state index contributed by atoms with van der Waals surface area (Å²) in [6, 6.07) is 57.1. The number of carbonyl (C=O) groups is 4. The minimum atomic E-state index is -0.361. The van der Waals surface area contributed by atoms with Gasteiger partial charge in [-0.1, -0.05) is 194 Å². The molecule has 644 valence electrons. The van der Waals surface area contributed by atoms with Gasteiger partial charge >= 0.3 is 6.01 Å². The molecule has 23 heteroatoms. The van der Waals surface area contributed by atoms with E-state index in [0.717, 1.165) is 147 Å². The summed E-state index contributed by atoms with van der Waals surface area (Å²) in [5.41, 5.74) is 22.4. The molecule has 0 radical (unpaired) electrons. The number of aromatic nitrogens is 12. The van der Waals surface area contributed by atoms with Crippen molar-refractivity contribution in [2.24, 2.45) is 0 Å². The monoisotopic (exact) mass is 1680 g/mol. The maximum Gasteiger partial charge on any atom is 0.319 e. The standard InChI is InChI=1S/C28H34N4O2.C25H25FN4O.C24H23FN4O.C24H26N4O.CH4/c1-19-7-9-22(10-8-19)17-29-25-11-13-26(14-12-25)34-28-31-18-30-27(32-28)16-24-6-4-5-23(21(24)3)15-20(2)33;1-17-3-6-20(7-4-17)21-9-11-30(12-10-21)25-28-16-27-24(29-25)15-19-5-8-23(26)22(14-19)13-18(2)31;1-17(30)13-21-14-18(7-8-22(21)25)15-23-26-16-27-24(28-23)29-11-9-20(10-12-29)19-5-3-2-4-6-19;1-16-7-8-22-14-28(10-9-21(22)11-16)24-26-15-25-23(27-24)13-20-6-4-5-19(18(20)3)12-17(2)29;/h4-10,18,25-26,29H,11-17H2,1-3H3;3-9,14,16H,10-13,15H2,1-2H3;2-9,14,16H,10-13,15H2,1H3;4-8,11,15H,9-10,12-14H2,1-3H3;1H4. The van der Waals surface area contributed by atoms with Crippen molar-refractivity contribution in [1.82, 2.24) is 65.1 Å². The second kappa shape index (κ2) is 44.3. The summed E-state index contributed by atoms with van der Waals surface area (Å²) < 4.78 is 34.0. The highest BCUT2D eigenvalue weighted by Gasteiger charge is 2.26. The SMILES string of the molecule is C.CC(=O)Cc1cc(Cc2ncnc(N3CC=C(c4ccc(C)cc4)CC3)n2)ccc1F.CC(=O)Cc1cc(Cc2ncnc(N3CC=C(c4ccccc4)CC3)n2)ccc1F.CC(=O)Cc1cccc(Cc2ncnc(N3CCc4cc(C)ccc4C3)n2)c1C.CC(=O)Cc1cccc(Cc2ncnc(OC3CCC(NCc4ccc(C)cc4)CC3)n2)c1C. The van der Waals surface area contributed by atoms with Crippen molar-refractivity contribution in [3.8, 4) is 6.01 Å². The molecule has 125 heavy (non-hydrogen) atoms. The first-order chi connectivity index (χ1) is 60.0. The predicted molar refractivity (Wildman–Crippen MR) is 488 cm³/mol. The molecule has 12 aromatic rings. The van der Waals surface area contributed by atoms with E-state index in [2.05, 4.69) is 225 Å². The lowest BCUT2D eigenvalue weighted by atomic mass is 9.93. The summed E-state index contributed by atoms with van der Waals surface area (Å²) in [6.07, 6.45) is 21.0. The topological polar surface area (TPSA) is 254 Å². The number of nitrogens with zero attached hydrogens (tertiary/aromatic N) is 15. The molecule has 1 saturated carbocycles. The van der Waals surface area contributed by atoms with Crippen LogP contribution in [0.2, 0.25) is 0 Å². The quantitative estimate of drug-likeness (QED) is 0.0528. The number of anilines is 3. The van der Waals surface area contributed by atoms with E-state index in [1.165, 1.54) is 101 Å². The van der Waals surface area contributed by atoms with Crippen LogP contribution in [-0.4, -0.2) is 128 Å². The molecule has 1 fully saturated rings. The van der Waals surface area contributed by atoms with E-state index in [9.17, 15) is 28.0 Å². The molecule has 16 rings (SSSR count). The number of aryl methyl sites for hydroxylation is 3. The smallest absolute Gasteiger partial charge is 0.319 e. The van der Waals surface area contributed by atoms with E-state index in [0.29, 0.717) is 91.1 Å². The van der Waals surface area contributed by atoms with E-state index < -0.39 is 0 Å². The normalized spacial score (nSPS) is 14.7. The third-order valence-corrected chi connectivity index (χ3v) is 22.8. The zero-order chi connectivity index (χ0) is 87.0. The maximum absolute atomic E-state index is 13.9. The van der Waals surface area contributed by atoms with E-state index in [1.54, 1.807) is 44.4 Å². The highest BCUT2D eigenvalue weighted by atomic mass is 19.1. The summed E-state index contributed by atoms with van der Waals surface area (Å²) in [5, 5.41) is 3.68. The Bertz CT molecular complexity index is 5780. The fraction of sp³-hybridized carbons (Fsp3) is 0.333. The lowest BCUT2D eigenvalue weighted by Gasteiger charge is -2.29. The first-order valence-electron chi connectivity index (χ1n) is 42.7. The van der Waals surface area contributed by atoms with Gasteiger partial charge in [0.05, 0.1) is 0 Å². The van der Waals surface area contributed by atoms with Crippen LogP contribution in [0.25, 0.3) is 11.1 Å². The minimum Gasteiger partial charge on any atom is -0.460 e. The number of hydrogen-bond donors (Lipinski definition) is 1. The van der Waals surface area contributed by atoms with Gasteiger partial charge in [0.1, 0.15) is 89.5 Å². The molecule has 0 unspecified atom stereocenters. The van der Waals surface area contributed by atoms with Gasteiger partial charge in [0.25, 0.3) is 0 Å². The average Bonchev–Trinajstić information content (AvgIpc) is 0.814. The number of benzene rings is 8. The second-order valence-corrected chi connectivity index (χ2v) is 32.8. The first-order valence-corrected chi connectivity index (χ1v) is 42.7. The largest absolute Gasteiger partial charge is 0.460 e. The van der Waals surface area contributed by atoms with Gasteiger partial charge in [-0.2, -0.15) is 24.9 Å². The van der Waals surface area contributed by atoms with Crippen LogP contribution < -0.4 is 24.8 Å². The molecule has 4 aromatic heterocycles. The van der Waals surface area contributed by atoms with Crippen LogP contribution >= 0.6 is 0 Å². The van der Waals surface area contributed by atoms with Crippen LogP contribution in [0, 0.1) is 46.3 Å². The van der Waals surface area contributed by atoms with Gasteiger partial charge in [0.15, 0.2) is 0 Å². The van der Waals surface area contributed by atoms with Crippen molar-refractivity contribution < 1.29 is 32.7 Å². The Morgan fingerprint density at radius 2 is 0.824 bits per heavy atom. The summed E-state index contributed by atoms with van der Waals surface area (Å²) in [7, 11) is 0. The Balaban J connectivity index is 0.000000152. The molecule has 1 N–H and O–H groups in total. The van der Waals surface area contributed by atoms with Gasteiger partial charge in [-0.15, -0.1) is 0 Å².